The van der Waals surface area contributed by atoms with E-state index in [0.29, 0.717) is 12.2 Å². The van der Waals surface area contributed by atoms with E-state index < -0.39 is 5.78 Å². The van der Waals surface area contributed by atoms with Gasteiger partial charge in [-0.1, -0.05) is 13.0 Å². The van der Waals surface area contributed by atoms with Crippen molar-refractivity contribution < 1.29 is 23.9 Å². The summed E-state index contributed by atoms with van der Waals surface area (Å²) < 4.78 is 5.61. The Labute approximate surface area is 169 Å². The zero-order valence-electron chi connectivity index (χ0n) is 16.9. The van der Waals surface area contributed by atoms with Crippen LogP contribution in [0.1, 0.15) is 41.3 Å². The number of Topliss-reactive ketones (excluding diaryl/α,β-unsaturated/α-hetero) is 1. The minimum Gasteiger partial charge on any atom is -0.505 e. The van der Waals surface area contributed by atoms with Crippen LogP contribution in [0.2, 0.25) is 0 Å². The Bertz CT molecular complexity index is 930. The van der Waals surface area contributed by atoms with Gasteiger partial charge in [-0.15, -0.1) is 0 Å². The number of phenolic OH excluding ortho intramolecular Hbond substituents is 1. The summed E-state index contributed by atoms with van der Waals surface area (Å²) in [6, 6.07) is 7.93. The summed E-state index contributed by atoms with van der Waals surface area (Å²) in [4.78, 5) is 36.6. The van der Waals surface area contributed by atoms with E-state index in [2.05, 4.69) is 10.6 Å². The van der Waals surface area contributed by atoms with Crippen molar-refractivity contribution in [2.75, 3.05) is 19.4 Å². The number of hydrogen-bond donors (Lipinski definition) is 3. The molecule has 1 aromatic carbocycles. The van der Waals surface area contributed by atoms with E-state index in [4.69, 9.17) is 4.42 Å². The van der Waals surface area contributed by atoms with Crippen LogP contribution in [0.5, 0.6) is 5.75 Å². The summed E-state index contributed by atoms with van der Waals surface area (Å²) >= 11 is 0. The molecule has 0 fully saturated rings. The number of ketones is 1. The van der Waals surface area contributed by atoms with Crippen molar-refractivity contribution in [3.63, 3.8) is 0 Å². The minimum atomic E-state index is -0.765. The molecule has 2 aromatic rings. The molecule has 154 valence electrons. The molecule has 1 aromatic heterocycles. The van der Waals surface area contributed by atoms with E-state index in [-0.39, 0.29) is 40.9 Å². The van der Waals surface area contributed by atoms with Crippen LogP contribution in [-0.2, 0) is 9.59 Å². The second kappa shape index (κ2) is 9.59. The van der Waals surface area contributed by atoms with Crippen LogP contribution in [-0.4, -0.2) is 42.1 Å². The van der Waals surface area contributed by atoms with Gasteiger partial charge < -0.3 is 25.1 Å². The quantitative estimate of drug-likeness (QED) is 0.257. The fourth-order valence-corrected chi connectivity index (χ4v) is 2.67. The van der Waals surface area contributed by atoms with Gasteiger partial charge in [0.25, 0.3) is 5.91 Å². The molecule has 0 bridgehead atoms. The monoisotopic (exact) mass is 399 g/mol. The van der Waals surface area contributed by atoms with E-state index in [1.165, 1.54) is 17.2 Å². The van der Waals surface area contributed by atoms with Gasteiger partial charge in [-0.05, 0) is 37.6 Å². The number of para-hydroxylation sites is 1. The number of carbonyl (C=O) groups is 3. The van der Waals surface area contributed by atoms with Crippen molar-refractivity contribution >= 4 is 23.7 Å². The van der Waals surface area contributed by atoms with Gasteiger partial charge in [0.05, 0.1) is 17.3 Å². The number of phenols is 1. The first-order valence-electron chi connectivity index (χ1n) is 9.11. The molecule has 3 N–H and O–H groups in total. The molecule has 0 radical (unpaired) electrons. The zero-order chi connectivity index (χ0) is 21.6. The molecule has 0 saturated carbocycles. The molecule has 0 aliphatic heterocycles. The highest BCUT2D eigenvalue weighted by molar-refractivity contribution is 6.32. The fourth-order valence-electron chi connectivity index (χ4n) is 2.67. The molecule has 0 aliphatic carbocycles. The smallest absolute Gasteiger partial charge is 0.257 e. The lowest BCUT2D eigenvalue weighted by molar-refractivity contribution is -0.127. The minimum absolute atomic E-state index is 0.00430. The number of benzene rings is 1. The van der Waals surface area contributed by atoms with E-state index in [0.717, 1.165) is 5.76 Å². The van der Waals surface area contributed by atoms with Gasteiger partial charge in [0.15, 0.2) is 12.0 Å². The third kappa shape index (κ3) is 5.25. The Morgan fingerprint density at radius 1 is 1.24 bits per heavy atom. The first kappa shape index (κ1) is 21.7. The van der Waals surface area contributed by atoms with Gasteiger partial charge in [-0.25, -0.2) is 0 Å². The number of aryl methyl sites for hydroxylation is 1. The van der Waals surface area contributed by atoms with Crippen molar-refractivity contribution in [3.8, 4) is 5.75 Å². The van der Waals surface area contributed by atoms with E-state index in [1.807, 2.05) is 19.9 Å². The van der Waals surface area contributed by atoms with Gasteiger partial charge in [-0.2, -0.15) is 0 Å². The molecule has 2 rings (SSSR count). The van der Waals surface area contributed by atoms with Crippen molar-refractivity contribution in [1.29, 1.82) is 0 Å². The van der Waals surface area contributed by atoms with Gasteiger partial charge in [0.1, 0.15) is 17.2 Å². The van der Waals surface area contributed by atoms with E-state index in [9.17, 15) is 19.5 Å². The average molecular weight is 399 g/mol. The van der Waals surface area contributed by atoms with Crippen LogP contribution < -0.4 is 10.6 Å². The maximum Gasteiger partial charge on any atom is 0.257 e. The molecule has 29 heavy (non-hydrogen) atoms. The van der Waals surface area contributed by atoms with Crippen molar-refractivity contribution in [2.45, 2.75) is 26.3 Å². The number of rotatable bonds is 9. The number of furan rings is 1. The van der Waals surface area contributed by atoms with Crippen molar-refractivity contribution in [2.24, 2.45) is 0 Å². The topological polar surface area (TPSA) is 112 Å². The molecular formula is C21H25N3O5. The van der Waals surface area contributed by atoms with E-state index in [1.54, 1.807) is 32.3 Å². The number of aldehydes is 1. The van der Waals surface area contributed by atoms with Crippen LogP contribution in [0.25, 0.3) is 0 Å². The normalized spacial score (nSPS) is 12.2. The second-order valence-electron chi connectivity index (χ2n) is 6.64. The van der Waals surface area contributed by atoms with Crippen LogP contribution in [0, 0.1) is 6.92 Å². The molecule has 0 aliphatic rings. The lowest BCUT2D eigenvalue weighted by atomic mass is 10.1. The Morgan fingerprint density at radius 2 is 1.97 bits per heavy atom. The highest BCUT2D eigenvalue weighted by Gasteiger charge is 2.19. The molecule has 8 heteroatoms. The Hall–Kier alpha value is -3.55. The van der Waals surface area contributed by atoms with Gasteiger partial charge >= 0.3 is 0 Å². The first-order valence-corrected chi connectivity index (χ1v) is 9.11. The first-order chi connectivity index (χ1) is 13.8. The SMILES string of the molecule is CC[C@@H](NC(=CNc1cccc(C(=O)N(C)C)c1O)C(=O)C=O)c1ccc(C)o1. The molecule has 0 saturated heterocycles. The molecule has 1 atom stereocenters. The highest BCUT2D eigenvalue weighted by atomic mass is 16.3. The maximum absolute atomic E-state index is 12.2. The van der Waals surface area contributed by atoms with Gasteiger partial charge in [-0.3, -0.25) is 14.4 Å². The predicted molar refractivity (Wildman–Crippen MR) is 109 cm³/mol. The Balaban J connectivity index is 2.30. The van der Waals surface area contributed by atoms with Crippen molar-refractivity contribution in [3.05, 3.63) is 59.3 Å². The predicted octanol–water partition coefficient (Wildman–Crippen LogP) is 2.76. The molecule has 1 amide bonds. The summed E-state index contributed by atoms with van der Waals surface area (Å²) in [7, 11) is 3.15. The third-order valence-corrected chi connectivity index (χ3v) is 4.26. The van der Waals surface area contributed by atoms with Crippen LogP contribution >= 0.6 is 0 Å². The van der Waals surface area contributed by atoms with Gasteiger partial charge in [0.2, 0.25) is 5.78 Å². The molecular weight excluding hydrogens is 374 g/mol. The average Bonchev–Trinajstić information content (AvgIpc) is 3.14. The van der Waals surface area contributed by atoms with E-state index >= 15 is 0 Å². The largest absolute Gasteiger partial charge is 0.505 e. The lowest BCUT2D eigenvalue weighted by Crippen LogP contribution is -2.26. The third-order valence-electron chi connectivity index (χ3n) is 4.26. The van der Waals surface area contributed by atoms with Crippen LogP contribution in [0.15, 0.2) is 46.6 Å². The number of carbonyl (C=O) groups excluding carboxylic acids is 3. The number of allylic oxidation sites excluding steroid dienone is 1. The van der Waals surface area contributed by atoms with Gasteiger partial charge in [0, 0.05) is 20.3 Å². The summed E-state index contributed by atoms with van der Waals surface area (Å²) in [5.41, 5.74) is 0.337. The standard InChI is InChI=1S/C21H25N3O5/c1-5-15(19-10-9-13(2)29-19)23-17(18(26)12-25)11-22-16-8-6-7-14(20(16)27)21(28)24(3)4/h6-12,15,22-23,27H,5H2,1-4H3/t15-/m1/s1. The fraction of sp³-hybridized carbons (Fsp3) is 0.286. The Morgan fingerprint density at radius 3 is 2.52 bits per heavy atom. The molecule has 0 spiro atoms. The molecule has 0 unspecified atom stereocenters. The molecule has 8 nitrogen and oxygen atoms in total. The number of hydrogen-bond acceptors (Lipinski definition) is 7. The summed E-state index contributed by atoms with van der Waals surface area (Å²) in [5, 5.41) is 16.2. The summed E-state index contributed by atoms with van der Waals surface area (Å²) in [6.45, 7) is 3.73. The highest BCUT2D eigenvalue weighted by Crippen LogP contribution is 2.28. The number of nitrogens with one attached hydrogen (secondary N) is 2. The summed E-state index contributed by atoms with van der Waals surface area (Å²) in [6.07, 6.45) is 2.09. The van der Waals surface area contributed by atoms with Crippen LogP contribution in [0.3, 0.4) is 0 Å². The molecule has 1 heterocycles. The zero-order valence-corrected chi connectivity index (χ0v) is 16.9. The Kier molecular flexibility index (Phi) is 7.19. The number of nitrogens with zero attached hydrogens (tertiary/aromatic N) is 1. The second-order valence-corrected chi connectivity index (χ2v) is 6.64. The number of aromatic hydroxyl groups is 1. The van der Waals surface area contributed by atoms with Crippen LogP contribution in [0.4, 0.5) is 5.69 Å². The summed E-state index contributed by atoms with van der Waals surface area (Å²) in [5.74, 6) is -0.0149. The van der Waals surface area contributed by atoms with Crippen molar-refractivity contribution in [1.82, 2.24) is 10.2 Å². The number of amides is 1. The maximum atomic E-state index is 12.2. The lowest BCUT2D eigenvalue weighted by Gasteiger charge is -2.18. The number of anilines is 1.